The van der Waals surface area contributed by atoms with Gasteiger partial charge >= 0.3 is 0 Å². The molecule has 1 heterocycles. The molecule has 2 aromatic rings. The van der Waals surface area contributed by atoms with E-state index in [4.69, 9.17) is 4.74 Å². The number of carbonyl (C=O) groups is 1. The number of hydrogen-bond acceptors (Lipinski definition) is 5. The van der Waals surface area contributed by atoms with E-state index < -0.39 is 10.0 Å². The van der Waals surface area contributed by atoms with Gasteiger partial charge in [-0.1, -0.05) is 44.2 Å². The second-order valence-electron chi connectivity index (χ2n) is 9.63. The third-order valence-corrected chi connectivity index (χ3v) is 8.47. The second-order valence-corrected chi connectivity index (χ2v) is 11.3. The van der Waals surface area contributed by atoms with Crippen molar-refractivity contribution in [1.29, 1.82) is 0 Å². The van der Waals surface area contributed by atoms with Crippen LogP contribution in [0, 0.1) is 5.92 Å². The van der Waals surface area contributed by atoms with Crippen LogP contribution in [-0.4, -0.2) is 34.5 Å². The van der Waals surface area contributed by atoms with Crippen LogP contribution in [0.15, 0.2) is 47.4 Å². The smallest absolute Gasteiger partial charge is 0.264 e. The van der Waals surface area contributed by atoms with Crippen molar-refractivity contribution < 1.29 is 17.9 Å². The molecule has 2 fully saturated rings. The fraction of sp³-hybridized carbons (Fsp3) is 0.519. The van der Waals surface area contributed by atoms with Crippen LogP contribution in [0.4, 0.5) is 17.1 Å². The highest BCUT2D eigenvalue weighted by Gasteiger charge is 2.26. The van der Waals surface area contributed by atoms with Gasteiger partial charge in [-0.2, -0.15) is 0 Å². The number of benzene rings is 2. The van der Waals surface area contributed by atoms with Crippen molar-refractivity contribution in [2.45, 2.75) is 69.1 Å². The van der Waals surface area contributed by atoms with E-state index in [0.29, 0.717) is 29.2 Å². The molecule has 4 rings (SSSR count). The SMILES string of the molecule is COc1ccccc1NS(=O)(=O)c1cc(NC(=O)CCCC2CCCCC2)ccc1N1CCCC1. The van der Waals surface area contributed by atoms with Crippen molar-refractivity contribution in [2.24, 2.45) is 5.92 Å². The summed E-state index contributed by atoms with van der Waals surface area (Å²) in [5, 5.41) is 2.92. The number of sulfonamides is 1. The highest BCUT2D eigenvalue weighted by molar-refractivity contribution is 7.93. The van der Waals surface area contributed by atoms with Crippen LogP contribution in [0.5, 0.6) is 5.75 Å². The van der Waals surface area contributed by atoms with E-state index in [9.17, 15) is 13.2 Å². The van der Waals surface area contributed by atoms with E-state index in [1.54, 1.807) is 42.5 Å². The Balaban J connectivity index is 1.50. The Labute approximate surface area is 209 Å². The lowest BCUT2D eigenvalue weighted by Crippen LogP contribution is -2.23. The minimum absolute atomic E-state index is 0.0734. The van der Waals surface area contributed by atoms with Gasteiger partial charge in [0.1, 0.15) is 10.6 Å². The Morgan fingerprint density at radius 3 is 2.51 bits per heavy atom. The van der Waals surface area contributed by atoms with Crippen molar-refractivity contribution in [3.8, 4) is 5.75 Å². The third kappa shape index (κ3) is 6.69. The average molecular weight is 500 g/mol. The number of amides is 1. The molecule has 2 N–H and O–H groups in total. The van der Waals surface area contributed by atoms with Crippen molar-refractivity contribution >= 4 is 33.0 Å². The molecule has 0 aromatic heterocycles. The average Bonchev–Trinajstić information content (AvgIpc) is 3.40. The van der Waals surface area contributed by atoms with E-state index in [0.717, 1.165) is 44.7 Å². The normalized spacial score (nSPS) is 16.8. The first kappa shape index (κ1) is 25.4. The third-order valence-electron chi connectivity index (χ3n) is 7.07. The topological polar surface area (TPSA) is 87.7 Å². The number of methoxy groups -OCH3 is 1. The molecule has 1 aliphatic carbocycles. The van der Waals surface area contributed by atoms with Gasteiger partial charge < -0.3 is 15.0 Å². The van der Waals surface area contributed by atoms with E-state index in [2.05, 4.69) is 14.9 Å². The quantitative estimate of drug-likeness (QED) is 0.432. The van der Waals surface area contributed by atoms with Gasteiger partial charge in [-0.25, -0.2) is 8.42 Å². The zero-order valence-corrected chi connectivity index (χ0v) is 21.4. The summed E-state index contributed by atoms with van der Waals surface area (Å²) >= 11 is 0. The molecule has 0 atom stereocenters. The molecular formula is C27H37N3O4S. The Hall–Kier alpha value is -2.74. The summed E-state index contributed by atoms with van der Waals surface area (Å²) in [6, 6.07) is 12.1. The van der Waals surface area contributed by atoms with Gasteiger partial charge in [0.25, 0.3) is 10.0 Å². The summed E-state index contributed by atoms with van der Waals surface area (Å²) in [4.78, 5) is 14.9. The maximum absolute atomic E-state index is 13.5. The molecule has 1 saturated carbocycles. The lowest BCUT2D eigenvalue weighted by Gasteiger charge is -2.23. The number of ether oxygens (including phenoxy) is 1. The van der Waals surface area contributed by atoms with Crippen molar-refractivity contribution in [3.63, 3.8) is 0 Å². The van der Waals surface area contributed by atoms with Crippen molar-refractivity contribution in [2.75, 3.05) is 35.1 Å². The predicted molar refractivity (Wildman–Crippen MR) is 141 cm³/mol. The number of anilines is 3. The first-order valence-electron chi connectivity index (χ1n) is 12.8. The van der Waals surface area contributed by atoms with Gasteiger partial charge in [-0.05, 0) is 61.9 Å². The number of carbonyl (C=O) groups excluding carboxylic acids is 1. The molecule has 8 heteroatoms. The van der Waals surface area contributed by atoms with Gasteiger partial charge in [-0.15, -0.1) is 0 Å². The summed E-state index contributed by atoms with van der Waals surface area (Å²) in [6.45, 7) is 1.62. The number of nitrogens with one attached hydrogen (secondary N) is 2. The van der Waals surface area contributed by atoms with Crippen LogP contribution < -0.4 is 19.7 Å². The highest BCUT2D eigenvalue weighted by atomic mass is 32.2. The Kier molecular flexibility index (Phi) is 8.55. The second kappa shape index (κ2) is 11.8. The maximum atomic E-state index is 13.5. The van der Waals surface area contributed by atoms with E-state index in [1.165, 1.54) is 39.2 Å². The molecule has 0 unspecified atom stereocenters. The van der Waals surface area contributed by atoms with E-state index in [-0.39, 0.29) is 10.8 Å². The first-order valence-corrected chi connectivity index (χ1v) is 14.3. The van der Waals surface area contributed by atoms with Gasteiger partial charge in [-0.3, -0.25) is 9.52 Å². The minimum atomic E-state index is -3.93. The summed E-state index contributed by atoms with van der Waals surface area (Å²) in [6.07, 6.45) is 11.0. The number of rotatable bonds is 10. The monoisotopic (exact) mass is 499 g/mol. The zero-order valence-electron chi connectivity index (χ0n) is 20.6. The lowest BCUT2D eigenvalue weighted by molar-refractivity contribution is -0.116. The molecular weight excluding hydrogens is 462 g/mol. The standard InChI is InChI=1S/C27H37N3O4S/c1-34-25-14-6-5-13-23(25)29-35(32,33)26-20-22(16-17-24(26)30-18-7-8-19-30)28-27(31)15-9-12-21-10-3-2-4-11-21/h5-6,13-14,16-17,20-21,29H,2-4,7-12,15,18-19H2,1H3,(H,28,31). The fourth-order valence-electron chi connectivity index (χ4n) is 5.21. The van der Waals surface area contributed by atoms with Crippen LogP contribution in [0.1, 0.15) is 64.2 Å². The van der Waals surface area contributed by atoms with Gasteiger partial charge in [0.2, 0.25) is 5.91 Å². The largest absolute Gasteiger partial charge is 0.495 e. The summed E-state index contributed by atoms with van der Waals surface area (Å²) in [5.41, 5.74) is 1.52. The highest BCUT2D eigenvalue weighted by Crippen LogP contribution is 2.34. The molecule has 0 spiro atoms. The Morgan fingerprint density at radius 1 is 1.03 bits per heavy atom. The molecule has 1 aliphatic heterocycles. The van der Waals surface area contributed by atoms with Crippen LogP contribution >= 0.6 is 0 Å². The first-order chi connectivity index (χ1) is 17.0. The minimum Gasteiger partial charge on any atom is -0.495 e. The van der Waals surface area contributed by atoms with Crippen LogP contribution in [0.2, 0.25) is 0 Å². The van der Waals surface area contributed by atoms with Crippen LogP contribution in [0.25, 0.3) is 0 Å². The number of hydrogen-bond donors (Lipinski definition) is 2. The lowest BCUT2D eigenvalue weighted by atomic mass is 9.86. The van der Waals surface area contributed by atoms with Crippen molar-refractivity contribution in [1.82, 2.24) is 0 Å². The molecule has 35 heavy (non-hydrogen) atoms. The van der Waals surface area contributed by atoms with Gasteiger partial charge in [0.15, 0.2) is 0 Å². The summed E-state index contributed by atoms with van der Waals surface area (Å²) < 4.78 is 35.0. The summed E-state index contributed by atoms with van der Waals surface area (Å²) in [7, 11) is -2.42. The van der Waals surface area contributed by atoms with Crippen LogP contribution in [-0.2, 0) is 14.8 Å². The predicted octanol–water partition coefficient (Wildman–Crippen LogP) is 5.79. The zero-order chi connectivity index (χ0) is 24.7. The number of nitrogens with zero attached hydrogens (tertiary/aromatic N) is 1. The fourth-order valence-corrected chi connectivity index (χ4v) is 6.53. The van der Waals surface area contributed by atoms with E-state index in [1.807, 2.05) is 0 Å². The molecule has 0 bridgehead atoms. The molecule has 7 nitrogen and oxygen atoms in total. The van der Waals surface area contributed by atoms with Gasteiger partial charge in [0.05, 0.1) is 18.5 Å². The molecule has 2 aromatic carbocycles. The Bertz CT molecular complexity index is 1110. The van der Waals surface area contributed by atoms with E-state index >= 15 is 0 Å². The van der Waals surface area contributed by atoms with Crippen molar-refractivity contribution in [3.05, 3.63) is 42.5 Å². The number of para-hydroxylation sites is 2. The summed E-state index contributed by atoms with van der Waals surface area (Å²) in [5.74, 6) is 1.12. The molecule has 2 aliphatic rings. The molecule has 0 radical (unpaired) electrons. The van der Waals surface area contributed by atoms with Crippen LogP contribution in [0.3, 0.4) is 0 Å². The maximum Gasteiger partial charge on any atom is 0.264 e. The Morgan fingerprint density at radius 2 is 1.77 bits per heavy atom. The molecule has 1 amide bonds. The molecule has 1 saturated heterocycles. The van der Waals surface area contributed by atoms with Gasteiger partial charge in [0, 0.05) is 25.2 Å². The molecule has 190 valence electrons.